The Kier molecular flexibility index (Phi) is 4.46. The molecule has 2 unspecified atom stereocenters. The summed E-state index contributed by atoms with van der Waals surface area (Å²) in [7, 11) is 0. The van der Waals surface area contributed by atoms with E-state index < -0.39 is 24.1 Å². The van der Waals surface area contributed by atoms with Crippen LogP contribution >= 0.6 is 0 Å². The van der Waals surface area contributed by atoms with E-state index in [2.05, 4.69) is 5.32 Å². The monoisotopic (exact) mass is 174 g/mol. The third-order valence-electron chi connectivity index (χ3n) is 1.40. The molecule has 0 aliphatic rings. The van der Waals surface area contributed by atoms with E-state index in [9.17, 15) is 9.59 Å². The summed E-state index contributed by atoms with van der Waals surface area (Å²) in [6, 6.07) is -1.55. The Morgan fingerprint density at radius 3 is 2.42 bits per heavy atom. The second kappa shape index (κ2) is 4.84. The highest BCUT2D eigenvalue weighted by atomic mass is 16.3. The third kappa shape index (κ3) is 3.45. The zero-order valence-corrected chi connectivity index (χ0v) is 7.15. The number of aliphatic hydroxyl groups is 1. The summed E-state index contributed by atoms with van der Waals surface area (Å²) in [4.78, 5) is 21.1. The van der Waals surface area contributed by atoms with Crippen LogP contribution in [0.3, 0.4) is 0 Å². The molecule has 12 heavy (non-hydrogen) atoms. The van der Waals surface area contributed by atoms with Gasteiger partial charge in [-0.25, -0.2) is 0 Å². The van der Waals surface area contributed by atoms with Gasteiger partial charge in [-0.2, -0.15) is 0 Å². The van der Waals surface area contributed by atoms with Crippen LogP contribution in [0, 0.1) is 0 Å². The Balaban J connectivity index is 3.95. The van der Waals surface area contributed by atoms with Gasteiger partial charge in [0.15, 0.2) is 0 Å². The van der Waals surface area contributed by atoms with Crippen molar-refractivity contribution >= 4 is 12.2 Å². The van der Waals surface area contributed by atoms with Gasteiger partial charge in [-0.05, 0) is 13.8 Å². The molecule has 0 aromatic heterocycles. The van der Waals surface area contributed by atoms with Gasteiger partial charge >= 0.3 is 0 Å². The van der Waals surface area contributed by atoms with E-state index in [4.69, 9.17) is 10.8 Å². The molecule has 5 heteroatoms. The number of hydrogen-bond donors (Lipinski definition) is 3. The molecule has 1 amide bonds. The Morgan fingerprint density at radius 2 is 2.08 bits per heavy atom. The second-order valence-electron chi connectivity index (χ2n) is 2.70. The van der Waals surface area contributed by atoms with Crippen molar-refractivity contribution in [2.75, 3.05) is 0 Å². The molecular formula is C7H14N2O3. The van der Waals surface area contributed by atoms with Crippen LogP contribution in [0.1, 0.15) is 13.8 Å². The van der Waals surface area contributed by atoms with E-state index in [1.807, 2.05) is 0 Å². The lowest BCUT2D eigenvalue weighted by Crippen LogP contribution is -2.49. The van der Waals surface area contributed by atoms with Crippen LogP contribution in [-0.4, -0.2) is 35.5 Å². The van der Waals surface area contributed by atoms with Crippen LogP contribution in [-0.2, 0) is 9.59 Å². The molecule has 0 heterocycles. The molecule has 0 saturated carbocycles. The van der Waals surface area contributed by atoms with Crippen molar-refractivity contribution in [3.8, 4) is 0 Å². The van der Waals surface area contributed by atoms with E-state index in [0.29, 0.717) is 6.29 Å². The zero-order chi connectivity index (χ0) is 9.72. The van der Waals surface area contributed by atoms with Crippen molar-refractivity contribution in [2.45, 2.75) is 32.0 Å². The third-order valence-corrected chi connectivity index (χ3v) is 1.40. The van der Waals surface area contributed by atoms with Crippen LogP contribution < -0.4 is 11.1 Å². The van der Waals surface area contributed by atoms with Crippen LogP contribution in [0.15, 0.2) is 0 Å². The predicted molar refractivity (Wildman–Crippen MR) is 43.3 cm³/mol. The largest absolute Gasteiger partial charge is 0.391 e. The van der Waals surface area contributed by atoms with Crippen molar-refractivity contribution in [3.05, 3.63) is 0 Å². The number of amides is 1. The lowest BCUT2D eigenvalue weighted by Gasteiger charge is -2.15. The van der Waals surface area contributed by atoms with E-state index >= 15 is 0 Å². The molecule has 0 aromatic carbocycles. The topological polar surface area (TPSA) is 92.4 Å². The van der Waals surface area contributed by atoms with E-state index in [1.54, 1.807) is 0 Å². The van der Waals surface area contributed by atoms with Crippen molar-refractivity contribution in [3.63, 3.8) is 0 Å². The fourth-order valence-corrected chi connectivity index (χ4v) is 0.574. The maximum Gasteiger partial charge on any atom is 0.240 e. The molecule has 4 N–H and O–H groups in total. The quantitative estimate of drug-likeness (QED) is 0.447. The summed E-state index contributed by atoms with van der Waals surface area (Å²) in [6.45, 7) is 2.94. The predicted octanol–water partition coefficient (Wildman–Crippen LogP) is -1.60. The second-order valence-corrected chi connectivity index (χ2v) is 2.70. The maximum absolute atomic E-state index is 11.0. The van der Waals surface area contributed by atoms with Crippen molar-refractivity contribution in [2.24, 2.45) is 5.73 Å². The van der Waals surface area contributed by atoms with E-state index in [1.165, 1.54) is 13.8 Å². The van der Waals surface area contributed by atoms with E-state index in [-0.39, 0.29) is 0 Å². The molecule has 3 atom stereocenters. The number of carbonyl (C=O) groups is 2. The fourth-order valence-electron chi connectivity index (χ4n) is 0.574. The lowest BCUT2D eigenvalue weighted by atomic mass is 10.2. The number of rotatable bonds is 4. The Morgan fingerprint density at radius 1 is 1.58 bits per heavy atom. The van der Waals surface area contributed by atoms with E-state index in [0.717, 1.165) is 0 Å². The van der Waals surface area contributed by atoms with Gasteiger partial charge in [-0.15, -0.1) is 0 Å². The summed E-state index contributed by atoms with van der Waals surface area (Å²) in [5, 5.41) is 11.2. The molecule has 5 nitrogen and oxygen atoms in total. The molecule has 0 aliphatic heterocycles. The van der Waals surface area contributed by atoms with Gasteiger partial charge in [0, 0.05) is 0 Å². The van der Waals surface area contributed by atoms with Gasteiger partial charge in [0.1, 0.15) is 12.3 Å². The summed E-state index contributed by atoms with van der Waals surface area (Å²) in [6.07, 6.45) is -0.323. The number of aliphatic hydroxyl groups excluding tert-OH is 1. The first-order valence-corrected chi connectivity index (χ1v) is 3.68. The molecule has 0 spiro atoms. The van der Waals surface area contributed by atoms with Crippen molar-refractivity contribution in [1.29, 1.82) is 0 Å². The molecule has 70 valence electrons. The van der Waals surface area contributed by atoms with Gasteiger partial charge in [-0.3, -0.25) is 4.79 Å². The first-order chi connectivity index (χ1) is 5.49. The molecule has 0 aromatic rings. The van der Waals surface area contributed by atoms with Gasteiger partial charge in [0.25, 0.3) is 0 Å². The fraction of sp³-hybridized carbons (Fsp3) is 0.714. The number of hydrogen-bond acceptors (Lipinski definition) is 4. The number of nitrogens with two attached hydrogens (primary N) is 1. The minimum Gasteiger partial charge on any atom is -0.391 e. The molecule has 0 rings (SSSR count). The van der Waals surface area contributed by atoms with Gasteiger partial charge in [-0.1, -0.05) is 0 Å². The molecule has 0 bridgehead atoms. The van der Waals surface area contributed by atoms with Crippen LogP contribution in [0.2, 0.25) is 0 Å². The summed E-state index contributed by atoms with van der Waals surface area (Å²) < 4.78 is 0. The highest BCUT2D eigenvalue weighted by Crippen LogP contribution is 1.89. The van der Waals surface area contributed by atoms with Gasteiger partial charge in [0.2, 0.25) is 5.91 Å². The summed E-state index contributed by atoms with van der Waals surface area (Å²) in [5.41, 5.74) is 5.29. The highest BCUT2D eigenvalue weighted by molar-refractivity contribution is 5.84. The summed E-state index contributed by atoms with van der Waals surface area (Å²) >= 11 is 0. The average molecular weight is 174 g/mol. The number of carbonyl (C=O) groups excluding carboxylic acids is 2. The molecule has 0 aliphatic carbocycles. The molecule has 0 radical (unpaired) electrons. The average Bonchev–Trinajstić information content (AvgIpc) is 2.02. The standard InChI is InChI=1S/C7H14N2O3/c1-4(3-10)9-7(12)6(8)5(2)11/h3-6,11H,8H2,1-2H3,(H,9,12)/t4?,5-,6?/m1/s1. The number of aldehydes is 1. The Bertz CT molecular complexity index is 170. The minimum absolute atomic E-state index is 0.524. The van der Waals surface area contributed by atoms with Crippen molar-refractivity contribution < 1.29 is 14.7 Å². The highest BCUT2D eigenvalue weighted by Gasteiger charge is 2.19. The van der Waals surface area contributed by atoms with Crippen molar-refractivity contribution in [1.82, 2.24) is 5.32 Å². The zero-order valence-electron chi connectivity index (χ0n) is 7.15. The lowest BCUT2D eigenvalue weighted by molar-refractivity contribution is -0.126. The first-order valence-electron chi connectivity index (χ1n) is 3.68. The first kappa shape index (κ1) is 11.1. The van der Waals surface area contributed by atoms with Crippen LogP contribution in [0.4, 0.5) is 0 Å². The Labute approximate surface area is 70.9 Å². The normalized spacial score (nSPS) is 17.7. The number of nitrogens with one attached hydrogen (secondary N) is 1. The smallest absolute Gasteiger partial charge is 0.240 e. The minimum atomic E-state index is -0.979. The Hall–Kier alpha value is -0.940. The molecular weight excluding hydrogens is 160 g/mol. The van der Waals surface area contributed by atoms with Gasteiger partial charge in [0.05, 0.1) is 12.1 Å². The molecule has 0 fully saturated rings. The summed E-state index contributed by atoms with van der Waals surface area (Å²) in [5.74, 6) is -0.524. The molecule has 0 saturated heterocycles. The van der Waals surface area contributed by atoms with Crippen LogP contribution in [0.5, 0.6) is 0 Å². The van der Waals surface area contributed by atoms with Crippen LogP contribution in [0.25, 0.3) is 0 Å². The SMILES string of the molecule is CC(C=O)NC(=O)C(N)[C@@H](C)O. The van der Waals surface area contributed by atoms with Gasteiger partial charge < -0.3 is 21.0 Å². The maximum atomic E-state index is 11.0.